The molecule has 2 saturated heterocycles. The maximum atomic E-state index is 13.9. The fraction of sp³-hybridized carbons (Fsp3) is 0.391. The van der Waals surface area contributed by atoms with Crippen LogP contribution < -0.4 is 10.6 Å². The number of amides is 3. The standard InChI is InChI=1S/C23H26FN3O2/c1-15-6-4-7-16(12-15)22(28)25-17-13-18-8-5-9-19(14-17)27(18)23(29)26-21-11-3-2-10-20(21)24/h2-4,6-7,10-12,17-19H,5,8-9,13-14H2,1H3,(H,25,28)(H,26,29). The zero-order valence-electron chi connectivity index (χ0n) is 16.5. The number of fused-ring (bicyclic) bond motifs is 2. The number of para-hydroxylation sites is 1. The molecule has 0 radical (unpaired) electrons. The van der Waals surface area contributed by atoms with Gasteiger partial charge in [-0.1, -0.05) is 29.8 Å². The van der Waals surface area contributed by atoms with Crippen LogP contribution in [-0.4, -0.2) is 35.0 Å². The van der Waals surface area contributed by atoms with Crippen LogP contribution in [-0.2, 0) is 0 Å². The van der Waals surface area contributed by atoms with Crippen LogP contribution in [0.1, 0.15) is 48.0 Å². The van der Waals surface area contributed by atoms with E-state index in [0.29, 0.717) is 5.56 Å². The molecule has 2 aromatic carbocycles. The average molecular weight is 395 g/mol. The molecule has 2 aliphatic rings. The van der Waals surface area contributed by atoms with Crippen LogP contribution in [0.3, 0.4) is 0 Å². The van der Waals surface area contributed by atoms with E-state index in [2.05, 4.69) is 10.6 Å². The van der Waals surface area contributed by atoms with E-state index in [-0.39, 0.29) is 35.8 Å². The largest absolute Gasteiger partial charge is 0.349 e. The number of halogens is 1. The molecule has 2 atom stereocenters. The topological polar surface area (TPSA) is 61.4 Å². The van der Waals surface area contributed by atoms with Crippen molar-refractivity contribution in [1.29, 1.82) is 0 Å². The van der Waals surface area contributed by atoms with Crippen molar-refractivity contribution < 1.29 is 14.0 Å². The van der Waals surface area contributed by atoms with Gasteiger partial charge in [-0.05, 0) is 63.3 Å². The minimum Gasteiger partial charge on any atom is -0.349 e. The van der Waals surface area contributed by atoms with E-state index in [4.69, 9.17) is 0 Å². The van der Waals surface area contributed by atoms with Gasteiger partial charge in [-0.25, -0.2) is 9.18 Å². The molecule has 2 bridgehead atoms. The Morgan fingerprint density at radius 2 is 1.76 bits per heavy atom. The molecule has 29 heavy (non-hydrogen) atoms. The Balaban J connectivity index is 1.43. The van der Waals surface area contributed by atoms with Crippen molar-refractivity contribution in [2.75, 3.05) is 5.32 Å². The molecule has 0 aliphatic carbocycles. The maximum absolute atomic E-state index is 13.9. The first-order valence-electron chi connectivity index (χ1n) is 10.2. The third-order valence-corrected chi connectivity index (χ3v) is 5.94. The van der Waals surface area contributed by atoms with Crippen molar-refractivity contribution in [1.82, 2.24) is 10.2 Å². The van der Waals surface area contributed by atoms with Crippen LogP contribution >= 0.6 is 0 Å². The van der Waals surface area contributed by atoms with E-state index in [0.717, 1.165) is 37.7 Å². The maximum Gasteiger partial charge on any atom is 0.322 e. The molecule has 2 aromatic rings. The molecule has 152 valence electrons. The number of benzene rings is 2. The number of anilines is 1. The number of urea groups is 1. The molecule has 5 nitrogen and oxygen atoms in total. The first kappa shape index (κ1) is 19.4. The summed E-state index contributed by atoms with van der Waals surface area (Å²) in [6, 6.07) is 13.6. The molecule has 0 aromatic heterocycles. The molecule has 6 heteroatoms. The molecule has 3 amide bonds. The van der Waals surface area contributed by atoms with E-state index in [1.165, 1.54) is 6.07 Å². The predicted octanol–water partition coefficient (Wildman–Crippen LogP) is 4.48. The molecule has 2 aliphatic heterocycles. The van der Waals surface area contributed by atoms with Gasteiger partial charge >= 0.3 is 6.03 Å². The third-order valence-electron chi connectivity index (χ3n) is 5.94. The number of carbonyl (C=O) groups excluding carboxylic acids is 2. The van der Waals surface area contributed by atoms with Crippen molar-refractivity contribution in [2.45, 2.75) is 57.2 Å². The van der Waals surface area contributed by atoms with E-state index < -0.39 is 5.82 Å². The highest BCUT2D eigenvalue weighted by molar-refractivity contribution is 5.94. The van der Waals surface area contributed by atoms with Gasteiger partial charge in [0, 0.05) is 23.7 Å². The summed E-state index contributed by atoms with van der Waals surface area (Å²) in [5.41, 5.74) is 1.91. The van der Waals surface area contributed by atoms with Gasteiger partial charge in [-0.3, -0.25) is 4.79 Å². The molecule has 2 fully saturated rings. The Labute approximate surface area is 170 Å². The molecule has 4 rings (SSSR count). The summed E-state index contributed by atoms with van der Waals surface area (Å²) in [5.74, 6) is -0.507. The fourth-order valence-electron chi connectivity index (χ4n) is 4.63. The smallest absolute Gasteiger partial charge is 0.322 e. The zero-order chi connectivity index (χ0) is 20.4. The highest BCUT2D eigenvalue weighted by atomic mass is 19.1. The molecular weight excluding hydrogens is 369 g/mol. The van der Waals surface area contributed by atoms with Gasteiger partial charge < -0.3 is 15.5 Å². The number of piperidine rings is 2. The lowest BCUT2D eigenvalue weighted by Gasteiger charge is -2.48. The van der Waals surface area contributed by atoms with Crippen LogP contribution in [0.4, 0.5) is 14.9 Å². The van der Waals surface area contributed by atoms with Gasteiger partial charge in [0.2, 0.25) is 0 Å². The normalized spacial score (nSPS) is 23.4. The van der Waals surface area contributed by atoms with Crippen molar-refractivity contribution >= 4 is 17.6 Å². The molecule has 2 N–H and O–H groups in total. The summed E-state index contributed by atoms with van der Waals surface area (Å²) in [6.07, 6.45) is 4.31. The van der Waals surface area contributed by atoms with Crippen molar-refractivity contribution in [2.24, 2.45) is 0 Å². The molecule has 2 heterocycles. The van der Waals surface area contributed by atoms with Gasteiger partial charge in [0.05, 0.1) is 5.69 Å². The van der Waals surface area contributed by atoms with Crippen molar-refractivity contribution in [3.05, 3.63) is 65.5 Å². The second-order valence-corrected chi connectivity index (χ2v) is 8.07. The monoisotopic (exact) mass is 395 g/mol. The summed E-state index contributed by atoms with van der Waals surface area (Å²) in [4.78, 5) is 27.4. The van der Waals surface area contributed by atoms with E-state index in [9.17, 15) is 14.0 Å². The Morgan fingerprint density at radius 3 is 2.45 bits per heavy atom. The SMILES string of the molecule is Cc1cccc(C(=O)NC2CC3CCCC(C2)N3C(=O)Nc2ccccc2F)c1. The number of hydrogen-bond acceptors (Lipinski definition) is 2. The zero-order valence-corrected chi connectivity index (χ0v) is 16.5. The Hall–Kier alpha value is -2.89. The summed E-state index contributed by atoms with van der Waals surface area (Å²) < 4.78 is 13.9. The van der Waals surface area contributed by atoms with Crippen LogP contribution in [0.25, 0.3) is 0 Å². The van der Waals surface area contributed by atoms with Gasteiger partial charge in [0.1, 0.15) is 5.82 Å². The van der Waals surface area contributed by atoms with E-state index in [1.54, 1.807) is 18.2 Å². The lowest BCUT2D eigenvalue weighted by atomic mass is 9.82. The van der Waals surface area contributed by atoms with Gasteiger partial charge in [0.15, 0.2) is 0 Å². The molecular formula is C23H26FN3O2. The lowest BCUT2D eigenvalue weighted by Crippen LogP contribution is -2.59. The average Bonchev–Trinajstić information content (AvgIpc) is 2.69. The number of rotatable bonds is 3. The van der Waals surface area contributed by atoms with Crippen LogP contribution in [0.2, 0.25) is 0 Å². The van der Waals surface area contributed by atoms with E-state index >= 15 is 0 Å². The van der Waals surface area contributed by atoms with Crippen molar-refractivity contribution in [3.8, 4) is 0 Å². The minimum absolute atomic E-state index is 0.0378. The summed E-state index contributed by atoms with van der Waals surface area (Å²) >= 11 is 0. The second kappa shape index (κ2) is 8.23. The fourth-order valence-corrected chi connectivity index (χ4v) is 4.63. The van der Waals surface area contributed by atoms with Crippen LogP contribution in [0.15, 0.2) is 48.5 Å². The number of nitrogens with zero attached hydrogens (tertiary/aromatic N) is 1. The Morgan fingerprint density at radius 1 is 1.03 bits per heavy atom. The van der Waals surface area contributed by atoms with Crippen molar-refractivity contribution in [3.63, 3.8) is 0 Å². The number of nitrogens with one attached hydrogen (secondary N) is 2. The second-order valence-electron chi connectivity index (χ2n) is 8.07. The Kier molecular flexibility index (Phi) is 5.51. The van der Waals surface area contributed by atoms with E-state index in [1.807, 2.05) is 36.1 Å². The quantitative estimate of drug-likeness (QED) is 0.805. The summed E-state index contributed by atoms with van der Waals surface area (Å²) in [5, 5.41) is 5.87. The first-order valence-corrected chi connectivity index (χ1v) is 10.2. The minimum atomic E-state index is -0.439. The summed E-state index contributed by atoms with van der Waals surface area (Å²) in [6.45, 7) is 1.97. The highest BCUT2D eigenvalue weighted by Gasteiger charge is 2.41. The van der Waals surface area contributed by atoms with Crippen LogP contribution in [0, 0.1) is 12.7 Å². The predicted molar refractivity (Wildman–Crippen MR) is 110 cm³/mol. The number of carbonyl (C=O) groups is 2. The highest BCUT2D eigenvalue weighted by Crippen LogP contribution is 2.35. The third kappa shape index (κ3) is 4.26. The van der Waals surface area contributed by atoms with Gasteiger partial charge in [-0.2, -0.15) is 0 Å². The summed E-state index contributed by atoms with van der Waals surface area (Å²) in [7, 11) is 0. The van der Waals surface area contributed by atoms with Gasteiger partial charge in [-0.15, -0.1) is 0 Å². The molecule has 0 saturated carbocycles. The molecule has 2 unspecified atom stereocenters. The van der Waals surface area contributed by atoms with Gasteiger partial charge in [0.25, 0.3) is 5.91 Å². The number of hydrogen-bond donors (Lipinski definition) is 2. The first-order chi connectivity index (χ1) is 14.0. The Bertz CT molecular complexity index is 903. The lowest BCUT2D eigenvalue weighted by molar-refractivity contribution is 0.0576. The number of aryl methyl sites for hydroxylation is 1. The molecule has 0 spiro atoms. The van der Waals surface area contributed by atoms with Crippen LogP contribution in [0.5, 0.6) is 0 Å².